The Morgan fingerprint density at radius 1 is 1.13 bits per heavy atom. The van der Waals surface area contributed by atoms with Crippen LogP contribution < -0.4 is 5.43 Å². The van der Waals surface area contributed by atoms with Crippen LogP contribution in [-0.2, 0) is 4.79 Å². The van der Waals surface area contributed by atoms with E-state index in [1.54, 1.807) is 12.1 Å². The lowest BCUT2D eigenvalue weighted by Crippen LogP contribution is -2.21. The first-order valence-corrected chi connectivity index (χ1v) is 8.16. The number of carbonyl (C=O) groups is 1. The van der Waals surface area contributed by atoms with Gasteiger partial charge in [-0.3, -0.25) is 4.79 Å². The summed E-state index contributed by atoms with van der Waals surface area (Å²) >= 11 is 11.9. The largest absolute Gasteiger partial charge is 0.273 e. The van der Waals surface area contributed by atoms with Crippen LogP contribution in [0.2, 0.25) is 10.0 Å². The summed E-state index contributed by atoms with van der Waals surface area (Å²) in [4.78, 5) is 12.2. The van der Waals surface area contributed by atoms with E-state index in [4.69, 9.17) is 23.2 Å². The van der Waals surface area contributed by atoms with Crippen LogP contribution in [0.4, 0.5) is 0 Å². The summed E-state index contributed by atoms with van der Waals surface area (Å²) in [5, 5.41) is 5.13. The molecule has 0 spiro atoms. The Morgan fingerprint density at radius 3 is 2.57 bits per heavy atom. The highest BCUT2D eigenvalue weighted by atomic mass is 35.5. The Morgan fingerprint density at radius 2 is 1.87 bits per heavy atom. The second kappa shape index (κ2) is 6.73. The van der Waals surface area contributed by atoms with Gasteiger partial charge in [-0.05, 0) is 42.5 Å². The fourth-order valence-electron chi connectivity index (χ4n) is 2.56. The van der Waals surface area contributed by atoms with Gasteiger partial charge in [-0.25, -0.2) is 5.43 Å². The topological polar surface area (TPSA) is 41.5 Å². The predicted octanol–water partition coefficient (Wildman–Crippen LogP) is 4.64. The minimum Gasteiger partial charge on any atom is -0.273 e. The smallest absolute Gasteiger partial charge is 0.243 e. The highest BCUT2D eigenvalue weighted by molar-refractivity contribution is 6.42. The Bertz CT molecular complexity index is 759. The van der Waals surface area contributed by atoms with E-state index in [9.17, 15) is 4.79 Å². The van der Waals surface area contributed by atoms with E-state index < -0.39 is 0 Å². The predicted molar refractivity (Wildman–Crippen MR) is 94.1 cm³/mol. The summed E-state index contributed by atoms with van der Waals surface area (Å²) in [7, 11) is 0. The van der Waals surface area contributed by atoms with Crippen LogP contribution in [0, 0.1) is 5.92 Å². The van der Waals surface area contributed by atoms with Crippen molar-refractivity contribution >= 4 is 34.8 Å². The van der Waals surface area contributed by atoms with Crippen molar-refractivity contribution in [3.8, 4) is 0 Å². The summed E-state index contributed by atoms with van der Waals surface area (Å²) in [6.07, 6.45) is 0.872. The highest BCUT2D eigenvalue weighted by Gasteiger charge is 2.43. The van der Waals surface area contributed by atoms with Gasteiger partial charge in [0.05, 0.1) is 15.8 Å². The second-order valence-corrected chi connectivity index (χ2v) is 6.48. The van der Waals surface area contributed by atoms with Crippen molar-refractivity contribution in [3.63, 3.8) is 0 Å². The average Bonchev–Trinajstić information content (AvgIpc) is 3.36. The van der Waals surface area contributed by atoms with Crippen LogP contribution in [0.5, 0.6) is 0 Å². The zero-order valence-electron chi connectivity index (χ0n) is 12.6. The highest BCUT2D eigenvalue weighted by Crippen LogP contribution is 2.47. The third kappa shape index (κ3) is 3.74. The number of rotatable bonds is 4. The lowest BCUT2D eigenvalue weighted by Gasteiger charge is -2.04. The number of hydrogen-bond donors (Lipinski definition) is 1. The zero-order valence-corrected chi connectivity index (χ0v) is 14.1. The van der Waals surface area contributed by atoms with Gasteiger partial charge < -0.3 is 0 Å². The standard InChI is InChI=1S/C18H16Cl2N2O/c1-11(13-7-8-16(19)17(20)9-13)21-22-18(23)15-10-14(15)12-5-3-2-4-6-12/h2-9,14-15H,10H2,1H3,(H,22,23)/t14-,15+/m0/s1. The molecule has 1 saturated carbocycles. The van der Waals surface area contributed by atoms with Crippen LogP contribution in [-0.4, -0.2) is 11.6 Å². The summed E-state index contributed by atoms with van der Waals surface area (Å²) in [6, 6.07) is 15.4. The second-order valence-electron chi connectivity index (χ2n) is 5.66. The number of nitrogens with one attached hydrogen (secondary N) is 1. The molecule has 1 aliphatic rings. The average molecular weight is 347 g/mol. The van der Waals surface area contributed by atoms with Crippen LogP contribution in [0.25, 0.3) is 0 Å². The molecule has 0 saturated heterocycles. The van der Waals surface area contributed by atoms with Gasteiger partial charge in [0.2, 0.25) is 5.91 Å². The molecule has 118 valence electrons. The quantitative estimate of drug-likeness (QED) is 0.635. The Hall–Kier alpha value is -1.84. The molecule has 3 nitrogen and oxygen atoms in total. The SMILES string of the molecule is CC(=NNC(=O)[C@@H]1C[C@H]1c1ccccc1)c1ccc(Cl)c(Cl)c1. The third-order valence-electron chi connectivity index (χ3n) is 4.03. The zero-order chi connectivity index (χ0) is 16.4. The van der Waals surface area contributed by atoms with Gasteiger partial charge in [0.25, 0.3) is 0 Å². The molecular formula is C18H16Cl2N2O. The molecule has 1 N–H and O–H groups in total. The van der Waals surface area contributed by atoms with E-state index in [0.717, 1.165) is 12.0 Å². The monoisotopic (exact) mass is 346 g/mol. The molecule has 0 bridgehead atoms. The first kappa shape index (κ1) is 16.0. The van der Waals surface area contributed by atoms with Gasteiger partial charge in [-0.1, -0.05) is 59.6 Å². The number of nitrogens with zero attached hydrogens (tertiary/aromatic N) is 1. The van der Waals surface area contributed by atoms with E-state index >= 15 is 0 Å². The Kier molecular flexibility index (Phi) is 4.69. The number of amides is 1. The molecule has 2 aromatic rings. The van der Waals surface area contributed by atoms with Crippen molar-refractivity contribution < 1.29 is 4.79 Å². The molecule has 0 aliphatic heterocycles. The lowest BCUT2D eigenvalue weighted by molar-refractivity contribution is -0.122. The maximum absolute atomic E-state index is 12.2. The molecule has 0 heterocycles. The maximum atomic E-state index is 12.2. The molecule has 2 aromatic carbocycles. The van der Waals surface area contributed by atoms with Crippen LogP contribution >= 0.6 is 23.2 Å². The van der Waals surface area contributed by atoms with Crippen molar-refractivity contribution in [1.82, 2.24) is 5.43 Å². The molecule has 3 rings (SSSR count). The number of halogens is 2. The summed E-state index contributed by atoms with van der Waals surface area (Å²) in [6.45, 7) is 1.82. The molecular weight excluding hydrogens is 331 g/mol. The number of hydrazone groups is 1. The van der Waals surface area contributed by atoms with Crippen molar-refractivity contribution in [1.29, 1.82) is 0 Å². The van der Waals surface area contributed by atoms with E-state index in [0.29, 0.717) is 21.7 Å². The van der Waals surface area contributed by atoms with Crippen molar-refractivity contribution in [2.24, 2.45) is 11.0 Å². The van der Waals surface area contributed by atoms with E-state index in [1.165, 1.54) is 5.56 Å². The molecule has 5 heteroatoms. The molecule has 0 radical (unpaired) electrons. The third-order valence-corrected chi connectivity index (χ3v) is 4.77. The molecule has 0 unspecified atom stereocenters. The van der Waals surface area contributed by atoms with Crippen molar-refractivity contribution in [2.45, 2.75) is 19.3 Å². The van der Waals surface area contributed by atoms with E-state index in [2.05, 4.69) is 22.7 Å². The number of benzene rings is 2. The van der Waals surface area contributed by atoms with E-state index in [-0.39, 0.29) is 11.8 Å². The minimum atomic E-state index is -0.0433. The van der Waals surface area contributed by atoms with Gasteiger partial charge in [-0.15, -0.1) is 0 Å². The molecule has 1 aliphatic carbocycles. The first-order valence-electron chi connectivity index (χ1n) is 7.41. The normalized spacial score (nSPS) is 20.2. The van der Waals surface area contributed by atoms with Crippen molar-refractivity contribution in [3.05, 3.63) is 69.7 Å². The van der Waals surface area contributed by atoms with Gasteiger partial charge in [0.15, 0.2) is 0 Å². The first-order chi connectivity index (χ1) is 11.1. The molecule has 1 fully saturated rings. The molecule has 23 heavy (non-hydrogen) atoms. The number of carbonyl (C=O) groups excluding carboxylic acids is 1. The van der Waals surface area contributed by atoms with Crippen LogP contribution in [0.1, 0.15) is 30.4 Å². The van der Waals surface area contributed by atoms with Crippen LogP contribution in [0.15, 0.2) is 53.6 Å². The number of hydrogen-bond acceptors (Lipinski definition) is 2. The maximum Gasteiger partial charge on any atom is 0.243 e. The fraction of sp³-hybridized carbons (Fsp3) is 0.222. The summed E-state index contributed by atoms with van der Waals surface area (Å²) < 4.78 is 0. The molecule has 2 atom stereocenters. The van der Waals surface area contributed by atoms with Crippen LogP contribution in [0.3, 0.4) is 0 Å². The van der Waals surface area contributed by atoms with Gasteiger partial charge in [0, 0.05) is 5.92 Å². The Balaban J connectivity index is 1.61. The lowest BCUT2D eigenvalue weighted by atomic mass is 10.1. The molecule has 0 aromatic heterocycles. The summed E-state index contributed by atoms with van der Waals surface area (Å²) in [5.74, 6) is 0.262. The van der Waals surface area contributed by atoms with Gasteiger partial charge in [-0.2, -0.15) is 5.10 Å². The minimum absolute atomic E-state index is 0.00255. The van der Waals surface area contributed by atoms with E-state index in [1.807, 2.05) is 31.2 Å². The van der Waals surface area contributed by atoms with Gasteiger partial charge >= 0.3 is 0 Å². The summed E-state index contributed by atoms with van der Waals surface area (Å²) in [5.41, 5.74) is 5.37. The Labute approximate surface area is 145 Å². The van der Waals surface area contributed by atoms with Crippen molar-refractivity contribution in [2.75, 3.05) is 0 Å². The molecule has 1 amide bonds. The van der Waals surface area contributed by atoms with Gasteiger partial charge in [0.1, 0.15) is 0 Å². The fourth-order valence-corrected chi connectivity index (χ4v) is 2.86.